The number of Topliss-reactive ketones (excluding diaryl/α,β-unsaturated/α-hetero) is 1. The maximum absolute atomic E-state index is 11.5. The van der Waals surface area contributed by atoms with Gasteiger partial charge in [0.1, 0.15) is 5.75 Å². The highest BCUT2D eigenvalue weighted by molar-refractivity contribution is 6.31. The van der Waals surface area contributed by atoms with Gasteiger partial charge in [0.15, 0.2) is 5.78 Å². The molecule has 0 radical (unpaired) electrons. The van der Waals surface area contributed by atoms with Crippen LogP contribution >= 0.6 is 11.6 Å². The lowest BCUT2D eigenvalue weighted by Gasteiger charge is -2.10. The highest BCUT2D eigenvalue weighted by Crippen LogP contribution is 2.23. The molecule has 0 saturated heterocycles. The number of ether oxygens (including phenoxy) is 1. The van der Waals surface area contributed by atoms with Crippen LogP contribution in [0.3, 0.4) is 0 Å². The van der Waals surface area contributed by atoms with E-state index in [9.17, 15) is 4.79 Å². The molecule has 3 heteroatoms. The quantitative estimate of drug-likeness (QED) is 0.455. The minimum Gasteiger partial charge on any atom is -0.493 e. The molecule has 0 amide bonds. The molecule has 0 aromatic heterocycles. The van der Waals surface area contributed by atoms with Gasteiger partial charge in [0.25, 0.3) is 0 Å². The van der Waals surface area contributed by atoms with Crippen LogP contribution in [0.15, 0.2) is 18.2 Å². The van der Waals surface area contributed by atoms with Gasteiger partial charge in [0, 0.05) is 5.02 Å². The Hall–Kier alpha value is -1.02. The van der Waals surface area contributed by atoms with Gasteiger partial charge in [-0.1, -0.05) is 50.6 Å². The van der Waals surface area contributed by atoms with Gasteiger partial charge in [-0.2, -0.15) is 0 Å². The van der Waals surface area contributed by atoms with Crippen molar-refractivity contribution in [2.75, 3.05) is 6.61 Å². The summed E-state index contributed by atoms with van der Waals surface area (Å²) in [5, 5.41) is 0.567. The molecule has 0 atom stereocenters. The van der Waals surface area contributed by atoms with Gasteiger partial charge in [-0.3, -0.25) is 4.79 Å². The van der Waals surface area contributed by atoms with Crippen molar-refractivity contribution in [2.45, 2.75) is 52.4 Å². The average Bonchev–Trinajstić information content (AvgIpc) is 2.39. The van der Waals surface area contributed by atoms with Gasteiger partial charge >= 0.3 is 0 Å². The van der Waals surface area contributed by atoms with E-state index in [1.807, 2.05) is 0 Å². The van der Waals surface area contributed by atoms with Crippen molar-refractivity contribution in [3.8, 4) is 5.75 Å². The fraction of sp³-hybridized carbons (Fsp3) is 0.562. The second-order valence-electron chi connectivity index (χ2n) is 4.81. The summed E-state index contributed by atoms with van der Waals surface area (Å²) in [6.07, 6.45) is 7.36. The number of halogens is 1. The zero-order valence-corrected chi connectivity index (χ0v) is 12.6. The number of benzene rings is 1. The van der Waals surface area contributed by atoms with Crippen molar-refractivity contribution in [1.29, 1.82) is 0 Å². The lowest BCUT2D eigenvalue weighted by Crippen LogP contribution is -2.03. The first kappa shape index (κ1) is 16.0. The van der Waals surface area contributed by atoms with E-state index in [1.165, 1.54) is 39.0 Å². The van der Waals surface area contributed by atoms with E-state index in [-0.39, 0.29) is 5.78 Å². The second kappa shape index (κ2) is 8.98. The molecule has 0 aliphatic heterocycles. The Morgan fingerprint density at radius 1 is 1.16 bits per heavy atom. The minimum absolute atomic E-state index is 0.0135. The van der Waals surface area contributed by atoms with E-state index in [0.29, 0.717) is 22.9 Å². The topological polar surface area (TPSA) is 26.3 Å². The van der Waals surface area contributed by atoms with Crippen molar-refractivity contribution in [2.24, 2.45) is 0 Å². The Labute approximate surface area is 121 Å². The molecule has 1 rings (SSSR count). The van der Waals surface area contributed by atoms with Crippen molar-refractivity contribution >= 4 is 17.4 Å². The number of rotatable bonds is 9. The normalized spacial score (nSPS) is 10.5. The van der Waals surface area contributed by atoms with Crippen LogP contribution in [0, 0.1) is 0 Å². The lowest BCUT2D eigenvalue weighted by atomic mass is 10.1. The summed E-state index contributed by atoms with van der Waals surface area (Å²) < 4.78 is 5.68. The Balaban J connectivity index is 2.35. The van der Waals surface area contributed by atoms with Crippen LogP contribution in [-0.4, -0.2) is 12.4 Å². The second-order valence-corrected chi connectivity index (χ2v) is 5.25. The zero-order chi connectivity index (χ0) is 14.1. The fourth-order valence-corrected chi connectivity index (χ4v) is 2.14. The van der Waals surface area contributed by atoms with Crippen LogP contribution in [0.25, 0.3) is 0 Å². The molecule has 0 spiro atoms. The molecule has 0 N–H and O–H groups in total. The molecule has 1 aromatic rings. The molecule has 2 nitrogen and oxygen atoms in total. The largest absolute Gasteiger partial charge is 0.493 e. The predicted molar refractivity (Wildman–Crippen MR) is 80.3 cm³/mol. The molecule has 19 heavy (non-hydrogen) atoms. The monoisotopic (exact) mass is 282 g/mol. The number of unbranched alkanes of at least 4 members (excludes halogenated alkanes) is 5. The van der Waals surface area contributed by atoms with Crippen LogP contribution in [0.2, 0.25) is 5.02 Å². The Bertz CT molecular complexity index is 402. The third-order valence-electron chi connectivity index (χ3n) is 3.08. The van der Waals surface area contributed by atoms with Gasteiger partial charge in [-0.05, 0) is 31.5 Å². The van der Waals surface area contributed by atoms with Crippen LogP contribution in [-0.2, 0) is 0 Å². The van der Waals surface area contributed by atoms with Gasteiger partial charge in [0.2, 0.25) is 0 Å². The maximum Gasteiger partial charge on any atom is 0.163 e. The molecule has 1 aromatic carbocycles. The zero-order valence-electron chi connectivity index (χ0n) is 11.9. The first-order valence-corrected chi connectivity index (χ1v) is 7.46. The Morgan fingerprint density at radius 2 is 1.84 bits per heavy atom. The highest BCUT2D eigenvalue weighted by Gasteiger charge is 2.08. The number of carbonyl (C=O) groups is 1. The molecule has 106 valence electrons. The summed E-state index contributed by atoms with van der Waals surface area (Å²) in [6.45, 7) is 4.41. The molecule has 0 aliphatic carbocycles. The van der Waals surface area contributed by atoms with E-state index >= 15 is 0 Å². The van der Waals surface area contributed by atoms with Crippen LogP contribution in [0.5, 0.6) is 5.75 Å². The van der Waals surface area contributed by atoms with E-state index in [1.54, 1.807) is 18.2 Å². The Kier molecular flexibility index (Phi) is 7.57. The highest BCUT2D eigenvalue weighted by atomic mass is 35.5. The smallest absolute Gasteiger partial charge is 0.163 e. The summed E-state index contributed by atoms with van der Waals surface area (Å²) in [6, 6.07) is 5.20. The number of hydrogen-bond donors (Lipinski definition) is 0. The number of hydrogen-bond acceptors (Lipinski definition) is 2. The summed E-state index contributed by atoms with van der Waals surface area (Å²) in [4.78, 5) is 11.5. The van der Waals surface area contributed by atoms with Gasteiger partial charge in [0.05, 0.1) is 12.2 Å². The van der Waals surface area contributed by atoms with E-state index in [0.717, 1.165) is 6.42 Å². The first-order valence-electron chi connectivity index (χ1n) is 7.08. The van der Waals surface area contributed by atoms with Gasteiger partial charge < -0.3 is 4.74 Å². The van der Waals surface area contributed by atoms with Crippen LogP contribution < -0.4 is 4.74 Å². The number of carbonyl (C=O) groups excluding carboxylic acids is 1. The molecule has 0 saturated carbocycles. The van der Waals surface area contributed by atoms with Crippen molar-refractivity contribution in [3.05, 3.63) is 28.8 Å². The van der Waals surface area contributed by atoms with Crippen molar-refractivity contribution in [3.63, 3.8) is 0 Å². The molecule has 0 aliphatic rings. The molecular weight excluding hydrogens is 260 g/mol. The maximum atomic E-state index is 11.5. The molecule has 0 fully saturated rings. The predicted octanol–water partition coefficient (Wildman–Crippen LogP) is 5.28. The van der Waals surface area contributed by atoms with Crippen molar-refractivity contribution < 1.29 is 9.53 Å². The number of ketones is 1. The first-order chi connectivity index (χ1) is 9.15. The molecule has 0 heterocycles. The van der Waals surface area contributed by atoms with E-state index in [4.69, 9.17) is 16.3 Å². The van der Waals surface area contributed by atoms with E-state index < -0.39 is 0 Å². The average molecular weight is 283 g/mol. The minimum atomic E-state index is -0.0135. The third kappa shape index (κ3) is 6.11. The van der Waals surface area contributed by atoms with Crippen LogP contribution in [0.4, 0.5) is 0 Å². The summed E-state index contributed by atoms with van der Waals surface area (Å²) >= 11 is 5.89. The fourth-order valence-electron chi connectivity index (χ4n) is 1.97. The Morgan fingerprint density at radius 3 is 2.53 bits per heavy atom. The van der Waals surface area contributed by atoms with E-state index in [2.05, 4.69) is 6.92 Å². The lowest BCUT2D eigenvalue weighted by molar-refractivity contribution is 0.101. The van der Waals surface area contributed by atoms with Crippen LogP contribution in [0.1, 0.15) is 62.7 Å². The summed E-state index contributed by atoms with van der Waals surface area (Å²) in [7, 11) is 0. The molecule has 0 unspecified atom stereocenters. The van der Waals surface area contributed by atoms with Gasteiger partial charge in [-0.25, -0.2) is 0 Å². The van der Waals surface area contributed by atoms with Crippen molar-refractivity contribution in [1.82, 2.24) is 0 Å². The molecular formula is C16H23ClO2. The SMILES string of the molecule is CCCCCCCCOc1ccc(Cl)cc1C(C)=O. The third-order valence-corrected chi connectivity index (χ3v) is 3.31. The van der Waals surface area contributed by atoms with Gasteiger partial charge in [-0.15, -0.1) is 0 Å². The molecule has 0 bridgehead atoms. The standard InChI is InChI=1S/C16H23ClO2/c1-3-4-5-6-7-8-11-19-16-10-9-14(17)12-15(16)13(2)18/h9-10,12H,3-8,11H2,1-2H3. The summed E-state index contributed by atoms with van der Waals surface area (Å²) in [5.41, 5.74) is 0.568. The summed E-state index contributed by atoms with van der Waals surface area (Å²) in [5.74, 6) is 0.630.